The van der Waals surface area contributed by atoms with Crippen molar-refractivity contribution in [1.82, 2.24) is 5.32 Å². The van der Waals surface area contributed by atoms with E-state index >= 15 is 0 Å². The van der Waals surface area contributed by atoms with E-state index in [-0.39, 0.29) is 11.6 Å². The summed E-state index contributed by atoms with van der Waals surface area (Å²) >= 11 is 0. The zero-order valence-electron chi connectivity index (χ0n) is 11.0. The van der Waals surface area contributed by atoms with Gasteiger partial charge in [0.05, 0.1) is 0 Å². The van der Waals surface area contributed by atoms with E-state index in [0.717, 1.165) is 12.3 Å². The summed E-state index contributed by atoms with van der Waals surface area (Å²) in [5.74, 6) is 0.947. The van der Waals surface area contributed by atoms with Gasteiger partial charge in [0.2, 0.25) is 0 Å². The summed E-state index contributed by atoms with van der Waals surface area (Å²) in [5.41, 5.74) is 1.37. The van der Waals surface area contributed by atoms with Crippen LogP contribution in [0.1, 0.15) is 33.3 Å². The molecule has 0 unspecified atom stereocenters. The van der Waals surface area contributed by atoms with Gasteiger partial charge in [-0.15, -0.1) is 0 Å². The Morgan fingerprint density at radius 1 is 1.31 bits per heavy atom. The highest BCUT2D eigenvalue weighted by Crippen LogP contribution is 2.14. The fourth-order valence-corrected chi connectivity index (χ4v) is 1.41. The maximum Gasteiger partial charge on any atom is 0.120 e. The summed E-state index contributed by atoms with van der Waals surface area (Å²) < 4.78 is 5.83. The first-order valence-corrected chi connectivity index (χ1v) is 5.85. The highest BCUT2D eigenvalue weighted by Gasteiger charge is 2.11. The molecule has 0 bridgehead atoms. The van der Waals surface area contributed by atoms with Gasteiger partial charge >= 0.3 is 0 Å². The first-order valence-electron chi connectivity index (χ1n) is 5.85. The lowest BCUT2D eigenvalue weighted by atomic mass is 10.1. The van der Waals surface area contributed by atoms with E-state index in [9.17, 15) is 0 Å². The highest BCUT2D eigenvalue weighted by atomic mass is 16.5. The summed E-state index contributed by atoms with van der Waals surface area (Å²) in [6, 6.07) is 8.16. The van der Waals surface area contributed by atoms with Crippen LogP contribution in [0.25, 0.3) is 0 Å². The fourth-order valence-electron chi connectivity index (χ4n) is 1.41. The topological polar surface area (TPSA) is 21.3 Å². The van der Waals surface area contributed by atoms with E-state index in [1.807, 2.05) is 12.1 Å². The second-order valence-electron chi connectivity index (χ2n) is 5.38. The lowest BCUT2D eigenvalue weighted by Crippen LogP contribution is -2.41. The van der Waals surface area contributed by atoms with Crippen molar-refractivity contribution in [3.63, 3.8) is 0 Å². The van der Waals surface area contributed by atoms with E-state index < -0.39 is 0 Å². The Labute approximate surface area is 99.0 Å². The monoisotopic (exact) mass is 221 g/mol. The van der Waals surface area contributed by atoms with Gasteiger partial charge in [-0.1, -0.05) is 12.1 Å². The van der Waals surface area contributed by atoms with Crippen molar-refractivity contribution in [3.05, 3.63) is 29.8 Å². The third-order valence-corrected chi connectivity index (χ3v) is 2.25. The molecule has 0 saturated carbocycles. The number of nitrogens with one attached hydrogen (secondary N) is 1. The Kier molecular flexibility index (Phi) is 4.36. The maximum atomic E-state index is 5.83. The Balaban J connectivity index is 2.43. The molecule has 1 aromatic carbocycles. The van der Waals surface area contributed by atoms with Crippen LogP contribution >= 0.6 is 0 Å². The molecule has 0 aliphatic rings. The van der Waals surface area contributed by atoms with Crippen LogP contribution in [-0.2, 0) is 0 Å². The molecule has 1 aromatic rings. The van der Waals surface area contributed by atoms with Crippen LogP contribution in [0.2, 0.25) is 0 Å². The zero-order valence-corrected chi connectivity index (χ0v) is 11.0. The van der Waals surface area contributed by atoms with Gasteiger partial charge in [-0.25, -0.2) is 0 Å². The van der Waals surface area contributed by atoms with Crippen molar-refractivity contribution in [2.75, 3.05) is 6.54 Å². The second kappa shape index (κ2) is 5.35. The van der Waals surface area contributed by atoms with E-state index in [1.165, 1.54) is 5.56 Å². The van der Waals surface area contributed by atoms with Crippen molar-refractivity contribution in [2.45, 2.75) is 46.3 Å². The van der Waals surface area contributed by atoms with Crippen LogP contribution in [0.3, 0.4) is 0 Å². The van der Waals surface area contributed by atoms with Gasteiger partial charge in [0.25, 0.3) is 0 Å². The Morgan fingerprint density at radius 3 is 2.56 bits per heavy atom. The molecule has 0 radical (unpaired) electrons. The second-order valence-corrected chi connectivity index (χ2v) is 5.38. The van der Waals surface area contributed by atoms with Gasteiger partial charge < -0.3 is 10.1 Å². The van der Waals surface area contributed by atoms with E-state index in [0.29, 0.717) is 0 Å². The largest absolute Gasteiger partial charge is 0.489 e. The van der Waals surface area contributed by atoms with E-state index in [4.69, 9.17) is 4.74 Å². The predicted molar refractivity (Wildman–Crippen MR) is 69.0 cm³/mol. The Bertz CT molecular complexity index is 328. The first-order chi connectivity index (χ1) is 7.37. The number of hydrogen-bond acceptors (Lipinski definition) is 2. The quantitative estimate of drug-likeness (QED) is 0.843. The normalized spacial score (nSPS) is 13.6. The van der Waals surface area contributed by atoms with Gasteiger partial charge in [0.15, 0.2) is 0 Å². The third kappa shape index (κ3) is 5.17. The summed E-state index contributed by atoms with van der Waals surface area (Å²) in [7, 11) is 0. The molecule has 0 aromatic heterocycles. The molecule has 1 rings (SSSR count). The lowest BCUT2D eigenvalue weighted by Gasteiger charge is -2.24. The summed E-state index contributed by atoms with van der Waals surface area (Å²) in [5, 5.41) is 3.43. The van der Waals surface area contributed by atoms with Crippen molar-refractivity contribution >= 4 is 0 Å². The molecule has 0 spiro atoms. The van der Waals surface area contributed by atoms with Gasteiger partial charge in [-0.3, -0.25) is 0 Å². The standard InChI is InChI=1S/C14H23NO/c1-11-7-6-8-13(9-11)16-12(2)10-15-14(3,4)5/h6-9,12,15H,10H2,1-5H3/t12-/m1/s1. The third-order valence-electron chi connectivity index (χ3n) is 2.25. The summed E-state index contributed by atoms with van der Waals surface area (Å²) in [6.07, 6.45) is 0.182. The number of benzene rings is 1. The van der Waals surface area contributed by atoms with E-state index in [1.54, 1.807) is 0 Å². The molecule has 0 amide bonds. The number of aryl methyl sites for hydroxylation is 1. The predicted octanol–water partition coefficient (Wildman–Crippen LogP) is 3.15. The summed E-state index contributed by atoms with van der Waals surface area (Å²) in [4.78, 5) is 0. The molecule has 2 heteroatoms. The van der Waals surface area contributed by atoms with Crippen LogP contribution in [0.4, 0.5) is 0 Å². The fraction of sp³-hybridized carbons (Fsp3) is 0.571. The van der Waals surface area contributed by atoms with Crippen LogP contribution < -0.4 is 10.1 Å². The Hall–Kier alpha value is -1.02. The zero-order chi connectivity index (χ0) is 12.2. The molecule has 1 atom stereocenters. The molecule has 0 heterocycles. The highest BCUT2D eigenvalue weighted by molar-refractivity contribution is 5.27. The van der Waals surface area contributed by atoms with Crippen LogP contribution in [-0.4, -0.2) is 18.2 Å². The minimum absolute atomic E-state index is 0.143. The van der Waals surface area contributed by atoms with Crippen LogP contribution in [0.15, 0.2) is 24.3 Å². The van der Waals surface area contributed by atoms with Gasteiger partial charge in [-0.05, 0) is 52.3 Å². The van der Waals surface area contributed by atoms with Crippen molar-refractivity contribution in [1.29, 1.82) is 0 Å². The van der Waals surface area contributed by atoms with Crippen molar-refractivity contribution < 1.29 is 4.74 Å². The molecule has 1 N–H and O–H groups in total. The van der Waals surface area contributed by atoms with Crippen molar-refractivity contribution in [2.24, 2.45) is 0 Å². The maximum absolute atomic E-state index is 5.83. The average molecular weight is 221 g/mol. The van der Waals surface area contributed by atoms with Crippen LogP contribution in [0.5, 0.6) is 5.75 Å². The minimum atomic E-state index is 0.143. The average Bonchev–Trinajstić information content (AvgIpc) is 2.14. The lowest BCUT2D eigenvalue weighted by molar-refractivity contribution is 0.203. The number of ether oxygens (including phenoxy) is 1. The first kappa shape index (κ1) is 13.0. The smallest absolute Gasteiger partial charge is 0.120 e. The van der Waals surface area contributed by atoms with Crippen LogP contribution in [0, 0.1) is 6.92 Å². The minimum Gasteiger partial charge on any atom is -0.489 e. The van der Waals surface area contributed by atoms with Gasteiger partial charge in [0, 0.05) is 12.1 Å². The molecule has 0 aliphatic carbocycles. The molecular formula is C14H23NO. The molecule has 0 saturated heterocycles. The molecule has 90 valence electrons. The number of rotatable bonds is 4. The number of hydrogen-bond donors (Lipinski definition) is 1. The Morgan fingerprint density at radius 2 is 2.00 bits per heavy atom. The molecule has 0 aliphatic heterocycles. The van der Waals surface area contributed by atoms with E-state index in [2.05, 4.69) is 52.1 Å². The van der Waals surface area contributed by atoms with Gasteiger partial charge in [-0.2, -0.15) is 0 Å². The molecule has 2 nitrogen and oxygen atoms in total. The molecular weight excluding hydrogens is 198 g/mol. The molecule has 0 fully saturated rings. The summed E-state index contributed by atoms with van der Waals surface area (Å²) in [6.45, 7) is 11.5. The molecule has 16 heavy (non-hydrogen) atoms. The van der Waals surface area contributed by atoms with Crippen molar-refractivity contribution in [3.8, 4) is 5.75 Å². The van der Waals surface area contributed by atoms with Gasteiger partial charge in [0.1, 0.15) is 11.9 Å². The SMILES string of the molecule is Cc1cccc(O[C@H](C)CNC(C)(C)C)c1.